The van der Waals surface area contributed by atoms with Gasteiger partial charge in [0, 0.05) is 0 Å². The van der Waals surface area contributed by atoms with Crippen molar-refractivity contribution >= 4 is 24.4 Å². The van der Waals surface area contributed by atoms with Crippen LogP contribution in [0.4, 0.5) is 14.4 Å². The molecule has 12 heteroatoms. The molecule has 4 atom stereocenters. The normalized spacial score (nSPS) is 14.1. The minimum Gasteiger partial charge on any atom is -0.458 e. The third-order valence-electron chi connectivity index (χ3n) is 5.66. The highest BCUT2D eigenvalue weighted by molar-refractivity contribution is 5.76. The Balaban J connectivity index is 2.88. The smallest absolute Gasteiger partial charge is 0.458 e. The van der Waals surface area contributed by atoms with E-state index in [1.54, 1.807) is 33.8 Å². The Kier molecular flexibility index (Phi) is 15.0. The van der Waals surface area contributed by atoms with Crippen LogP contribution in [-0.4, -0.2) is 62.0 Å². The molecule has 41 heavy (non-hydrogen) atoms. The van der Waals surface area contributed by atoms with Gasteiger partial charge in [-0.05, 0) is 63.6 Å². The summed E-state index contributed by atoms with van der Waals surface area (Å²) in [6.07, 6.45) is -1.99. The van der Waals surface area contributed by atoms with E-state index in [0.717, 1.165) is 12.8 Å². The van der Waals surface area contributed by atoms with Crippen molar-refractivity contribution in [3.8, 4) is 11.5 Å². The largest absolute Gasteiger partial charge is 0.513 e. The molecule has 0 amide bonds. The number of ether oxygens (including phenoxy) is 7. The van der Waals surface area contributed by atoms with Gasteiger partial charge in [-0.1, -0.05) is 46.6 Å². The maximum atomic E-state index is 12.5. The first-order valence-corrected chi connectivity index (χ1v) is 13.8. The summed E-state index contributed by atoms with van der Waals surface area (Å²) < 4.78 is 36.1. The second kappa shape index (κ2) is 17.3. The summed E-state index contributed by atoms with van der Waals surface area (Å²) in [4.78, 5) is 48.7. The summed E-state index contributed by atoms with van der Waals surface area (Å²) in [5.74, 6) is -0.663. The third-order valence-corrected chi connectivity index (χ3v) is 5.66. The Bertz CT molecular complexity index is 1000. The quantitative estimate of drug-likeness (QED) is 0.165. The highest BCUT2D eigenvalue weighted by Crippen LogP contribution is 2.30. The fraction of sp³-hybridized carbons (Fsp3) is 0.655. The van der Waals surface area contributed by atoms with E-state index in [2.05, 4.69) is 0 Å². The summed E-state index contributed by atoms with van der Waals surface area (Å²) in [6.45, 7) is 14.5. The Hall–Kier alpha value is -3.54. The molecule has 0 spiro atoms. The molecule has 0 saturated carbocycles. The van der Waals surface area contributed by atoms with E-state index in [1.165, 1.54) is 12.1 Å². The van der Waals surface area contributed by atoms with E-state index >= 15 is 0 Å². The van der Waals surface area contributed by atoms with Crippen molar-refractivity contribution in [2.24, 2.45) is 17.6 Å². The number of hydrogen-bond acceptors (Lipinski definition) is 12. The molecular weight excluding hydrogens is 538 g/mol. The zero-order valence-electron chi connectivity index (χ0n) is 25.4. The molecule has 1 aromatic rings. The third kappa shape index (κ3) is 15.1. The van der Waals surface area contributed by atoms with Crippen molar-refractivity contribution in [3.63, 3.8) is 0 Å². The molecule has 0 saturated heterocycles. The molecule has 0 fully saturated rings. The SMILES string of the molecule is CCC(C)COC(=O)Oc1ccc(C[C@H](N)C(=O)O[C@@H](C)COC(=O)OC(C)(C)C)cc1OC(=O)OCC(C)CC. The molecule has 0 aliphatic carbocycles. The lowest BCUT2D eigenvalue weighted by atomic mass is 10.1. The molecular formula is C29H45NO11. The molecule has 0 bridgehead atoms. The van der Waals surface area contributed by atoms with Gasteiger partial charge in [0.05, 0.1) is 13.2 Å². The van der Waals surface area contributed by atoms with Crippen LogP contribution in [0.2, 0.25) is 0 Å². The first kappa shape index (κ1) is 35.5. The first-order chi connectivity index (χ1) is 19.1. The number of carbonyl (C=O) groups is 4. The van der Waals surface area contributed by atoms with Gasteiger partial charge in [-0.25, -0.2) is 14.4 Å². The van der Waals surface area contributed by atoms with E-state index in [1.807, 2.05) is 27.7 Å². The Labute approximate surface area is 242 Å². The van der Waals surface area contributed by atoms with Gasteiger partial charge in [0.25, 0.3) is 0 Å². The average molecular weight is 584 g/mol. The van der Waals surface area contributed by atoms with Crippen molar-refractivity contribution in [2.45, 2.75) is 92.4 Å². The van der Waals surface area contributed by atoms with Crippen molar-refractivity contribution in [1.29, 1.82) is 0 Å². The fourth-order valence-corrected chi connectivity index (χ4v) is 2.86. The molecule has 0 aromatic heterocycles. The van der Waals surface area contributed by atoms with Gasteiger partial charge >= 0.3 is 24.4 Å². The van der Waals surface area contributed by atoms with E-state index in [4.69, 9.17) is 38.9 Å². The molecule has 0 aliphatic heterocycles. The number of carbonyl (C=O) groups excluding carboxylic acids is 4. The van der Waals surface area contributed by atoms with E-state index in [-0.39, 0.29) is 49.6 Å². The van der Waals surface area contributed by atoms with Gasteiger partial charge in [0.1, 0.15) is 24.4 Å². The molecule has 12 nitrogen and oxygen atoms in total. The van der Waals surface area contributed by atoms with Crippen LogP contribution in [0.15, 0.2) is 18.2 Å². The van der Waals surface area contributed by atoms with Gasteiger partial charge in [-0.15, -0.1) is 0 Å². The summed E-state index contributed by atoms with van der Waals surface area (Å²) >= 11 is 0. The zero-order chi connectivity index (χ0) is 31.2. The predicted molar refractivity (Wildman–Crippen MR) is 149 cm³/mol. The molecule has 0 radical (unpaired) electrons. The molecule has 0 heterocycles. The maximum Gasteiger partial charge on any atom is 0.513 e. The average Bonchev–Trinajstić information content (AvgIpc) is 2.89. The molecule has 1 rings (SSSR count). The molecule has 2 unspecified atom stereocenters. The van der Waals surface area contributed by atoms with Crippen LogP contribution in [0.1, 0.15) is 73.8 Å². The van der Waals surface area contributed by atoms with E-state index in [9.17, 15) is 19.2 Å². The lowest BCUT2D eigenvalue weighted by molar-refractivity contribution is -0.152. The molecule has 2 N–H and O–H groups in total. The van der Waals surface area contributed by atoms with Crippen LogP contribution < -0.4 is 15.2 Å². The summed E-state index contributed by atoms with van der Waals surface area (Å²) in [7, 11) is 0. The first-order valence-electron chi connectivity index (χ1n) is 13.8. The van der Waals surface area contributed by atoms with Crippen molar-refractivity contribution < 1.29 is 52.3 Å². The standard InChI is InChI=1S/C29H45NO11/c1-9-18(3)15-35-26(32)39-23-12-11-21(14-24(23)40-27(33)36-16-19(4)10-2)13-22(30)25(31)38-20(5)17-37-28(34)41-29(6,7)8/h11-12,14,18-20,22H,9-10,13,15-17,30H2,1-8H3/t18?,19?,20-,22-/m0/s1. The van der Waals surface area contributed by atoms with Crippen LogP contribution in [0.5, 0.6) is 11.5 Å². The number of esters is 1. The van der Waals surface area contributed by atoms with Gasteiger partial charge in [0.15, 0.2) is 11.5 Å². The van der Waals surface area contributed by atoms with Crippen molar-refractivity contribution in [2.75, 3.05) is 19.8 Å². The van der Waals surface area contributed by atoms with Crippen molar-refractivity contribution in [3.05, 3.63) is 23.8 Å². The topological polar surface area (TPSA) is 159 Å². The van der Waals surface area contributed by atoms with Crippen molar-refractivity contribution in [1.82, 2.24) is 0 Å². The minimum atomic E-state index is -1.10. The Morgan fingerprint density at radius 1 is 0.780 bits per heavy atom. The second-order valence-electron chi connectivity index (χ2n) is 11.0. The number of rotatable bonds is 14. The Morgan fingerprint density at radius 3 is 1.80 bits per heavy atom. The summed E-state index contributed by atoms with van der Waals surface area (Å²) in [5, 5.41) is 0. The minimum absolute atomic E-state index is 0.00447. The highest BCUT2D eigenvalue weighted by Gasteiger charge is 2.23. The summed E-state index contributed by atoms with van der Waals surface area (Å²) in [5.41, 5.74) is 5.80. The van der Waals surface area contributed by atoms with Gasteiger partial charge < -0.3 is 38.9 Å². The summed E-state index contributed by atoms with van der Waals surface area (Å²) in [6, 6.07) is 3.25. The fourth-order valence-electron chi connectivity index (χ4n) is 2.86. The van der Waals surface area contributed by atoms with Gasteiger partial charge in [-0.3, -0.25) is 4.79 Å². The Morgan fingerprint density at radius 2 is 1.29 bits per heavy atom. The van der Waals surface area contributed by atoms with Crippen LogP contribution in [0.25, 0.3) is 0 Å². The van der Waals surface area contributed by atoms with E-state index in [0.29, 0.717) is 5.56 Å². The lowest BCUT2D eigenvalue weighted by Crippen LogP contribution is -2.37. The second-order valence-corrected chi connectivity index (χ2v) is 11.0. The molecule has 1 aromatic carbocycles. The van der Waals surface area contributed by atoms with Crippen LogP contribution in [0, 0.1) is 11.8 Å². The predicted octanol–water partition coefficient (Wildman–Crippen LogP) is 5.56. The maximum absolute atomic E-state index is 12.5. The number of benzene rings is 1. The number of nitrogens with two attached hydrogens (primary N) is 1. The number of hydrogen-bond donors (Lipinski definition) is 1. The zero-order valence-corrected chi connectivity index (χ0v) is 25.4. The van der Waals surface area contributed by atoms with Crippen LogP contribution >= 0.6 is 0 Å². The molecule has 0 aliphatic rings. The van der Waals surface area contributed by atoms with E-state index < -0.39 is 42.2 Å². The lowest BCUT2D eigenvalue weighted by Gasteiger charge is -2.20. The monoisotopic (exact) mass is 583 g/mol. The van der Waals surface area contributed by atoms with Crippen LogP contribution in [0.3, 0.4) is 0 Å². The highest BCUT2D eigenvalue weighted by atomic mass is 16.8. The molecule has 232 valence electrons. The van der Waals surface area contributed by atoms with Crippen LogP contribution in [-0.2, 0) is 34.9 Å². The van der Waals surface area contributed by atoms with Gasteiger partial charge in [-0.2, -0.15) is 0 Å². The van der Waals surface area contributed by atoms with Gasteiger partial charge in [0.2, 0.25) is 0 Å².